The highest BCUT2D eigenvalue weighted by molar-refractivity contribution is 5.75. The molecule has 2 fully saturated rings. The van der Waals surface area contributed by atoms with Gasteiger partial charge < -0.3 is 14.2 Å². The predicted molar refractivity (Wildman–Crippen MR) is 43.9 cm³/mol. The number of rotatable bonds is 1. The van der Waals surface area contributed by atoms with E-state index in [0.29, 0.717) is 19.1 Å². The molecule has 1 heterocycles. The van der Waals surface area contributed by atoms with Gasteiger partial charge in [0.25, 0.3) is 0 Å². The number of esters is 1. The van der Waals surface area contributed by atoms with E-state index < -0.39 is 5.79 Å². The highest BCUT2D eigenvalue weighted by Crippen LogP contribution is 2.49. The minimum absolute atomic E-state index is 0.222. The molecule has 2 aliphatic rings. The van der Waals surface area contributed by atoms with Crippen LogP contribution in [-0.2, 0) is 19.0 Å². The van der Waals surface area contributed by atoms with Crippen LogP contribution in [0.1, 0.15) is 13.3 Å². The van der Waals surface area contributed by atoms with E-state index in [2.05, 4.69) is 0 Å². The number of methoxy groups -OCH3 is 1. The lowest BCUT2D eigenvalue weighted by atomic mass is 9.69. The number of carbonyl (C=O) groups excluding carboxylic acids is 1. The van der Waals surface area contributed by atoms with Gasteiger partial charge in [0.1, 0.15) is 5.92 Å². The second-order valence-electron chi connectivity index (χ2n) is 3.69. The van der Waals surface area contributed by atoms with Crippen molar-refractivity contribution in [3.63, 3.8) is 0 Å². The topological polar surface area (TPSA) is 44.8 Å². The zero-order chi connectivity index (χ0) is 9.47. The summed E-state index contributed by atoms with van der Waals surface area (Å²) < 4.78 is 15.6. The summed E-state index contributed by atoms with van der Waals surface area (Å²) in [4.78, 5) is 11.4. The molecule has 1 aliphatic heterocycles. The fourth-order valence-corrected chi connectivity index (χ4v) is 2.27. The van der Waals surface area contributed by atoms with Crippen molar-refractivity contribution in [2.75, 3.05) is 20.3 Å². The fourth-order valence-electron chi connectivity index (χ4n) is 2.27. The first-order chi connectivity index (χ1) is 6.19. The number of ether oxygens (including phenoxy) is 3. The first-order valence-electron chi connectivity index (χ1n) is 4.55. The van der Waals surface area contributed by atoms with Crippen molar-refractivity contribution in [3.05, 3.63) is 0 Å². The second kappa shape index (κ2) is 2.96. The minimum Gasteiger partial charge on any atom is -0.469 e. The molecule has 1 spiro atoms. The van der Waals surface area contributed by atoms with Gasteiger partial charge in [-0.1, -0.05) is 6.92 Å². The summed E-state index contributed by atoms with van der Waals surface area (Å²) in [5, 5.41) is 0. The Kier molecular flexibility index (Phi) is 2.04. The molecule has 4 heteroatoms. The Bertz CT molecular complexity index is 220. The largest absolute Gasteiger partial charge is 0.469 e. The fraction of sp³-hybridized carbons (Fsp3) is 0.889. The summed E-state index contributed by atoms with van der Waals surface area (Å²) in [6.07, 6.45) is 0.798. The molecule has 0 bridgehead atoms. The van der Waals surface area contributed by atoms with Gasteiger partial charge in [-0.2, -0.15) is 0 Å². The Morgan fingerprint density at radius 2 is 2.08 bits per heavy atom. The molecule has 1 saturated heterocycles. The standard InChI is InChI=1S/C9H14O4/c1-6-5-9(12-3-4-13-9)7(6)8(10)11-2/h6-7H,3-5H2,1-2H3/t6-,7+/m0/s1. The van der Waals surface area contributed by atoms with Gasteiger partial charge in [-0.25, -0.2) is 0 Å². The van der Waals surface area contributed by atoms with Gasteiger partial charge in [0.05, 0.1) is 20.3 Å². The van der Waals surface area contributed by atoms with Gasteiger partial charge in [0.15, 0.2) is 5.79 Å². The van der Waals surface area contributed by atoms with Crippen molar-refractivity contribution in [3.8, 4) is 0 Å². The maximum atomic E-state index is 11.4. The first kappa shape index (κ1) is 8.97. The summed E-state index contributed by atoms with van der Waals surface area (Å²) in [6.45, 7) is 3.18. The van der Waals surface area contributed by atoms with Crippen molar-refractivity contribution in [2.45, 2.75) is 19.1 Å². The van der Waals surface area contributed by atoms with Crippen molar-refractivity contribution < 1.29 is 19.0 Å². The van der Waals surface area contributed by atoms with Gasteiger partial charge in [0, 0.05) is 6.42 Å². The SMILES string of the molecule is COC(=O)[C@H]1[C@@H](C)CC12OCCO2. The van der Waals surface area contributed by atoms with E-state index in [1.54, 1.807) is 0 Å². The van der Waals surface area contributed by atoms with Crippen molar-refractivity contribution in [1.82, 2.24) is 0 Å². The minimum atomic E-state index is -0.646. The van der Waals surface area contributed by atoms with Crippen molar-refractivity contribution >= 4 is 5.97 Å². The van der Waals surface area contributed by atoms with E-state index in [-0.39, 0.29) is 11.9 Å². The molecular formula is C9H14O4. The van der Waals surface area contributed by atoms with Crippen LogP contribution < -0.4 is 0 Å². The maximum Gasteiger partial charge on any atom is 0.314 e. The molecule has 0 aromatic heterocycles. The highest BCUT2D eigenvalue weighted by atomic mass is 16.7. The Balaban J connectivity index is 2.10. The average Bonchev–Trinajstić information content (AvgIpc) is 2.54. The molecular weight excluding hydrogens is 172 g/mol. The molecule has 4 nitrogen and oxygen atoms in total. The normalized spacial score (nSPS) is 35.8. The van der Waals surface area contributed by atoms with Crippen LogP contribution in [0.2, 0.25) is 0 Å². The molecule has 2 rings (SSSR count). The molecule has 0 radical (unpaired) electrons. The summed E-state index contributed by atoms with van der Waals surface area (Å²) >= 11 is 0. The summed E-state index contributed by atoms with van der Waals surface area (Å²) in [6, 6.07) is 0. The van der Waals surface area contributed by atoms with Gasteiger partial charge in [0.2, 0.25) is 0 Å². The molecule has 1 aliphatic carbocycles. The molecule has 1 saturated carbocycles. The lowest BCUT2D eigenvalue weighted by Crippen LogP contribution is -2.57. The third-order valence-corrected chi connectivity index (χ3v) is 2.88. The number of hydrogen-bond donors (Lipinski definition) is 0. The third kappa shape index (κ3) is 1.16. The van der Waals surface area contributed by atoms with Gasteiger partial charge in [-0.3, -0.25) is 4.79 Å². The van der Waals surface area contributed by atoms with Crippen molar-refractivity contribution in [2.24, 2.45) is 11.8 Å². The van der Waals surface area contributed by atoms with Crippen LogP contribution in [0, 0.1) is 11.8 Å². The van der Waals surface area contributed by atoms with Crippen LogP contribution in [0.15, 0.2) is 0 Å². The van der Waals surface area contributed by atoms with Crippen LogP contribution in [0.25, 0.3) is 0 Å². The van der Waals surface area contributed by atoms with E-state index >= 15 is 0 Å². The molecule has 0 N–H and O–H groups in total. The number of hydrogen-bond acceptors (Lipinski definition) is 4. The first-order valence-corrected chi connectivity index (χ1v) is 4.55. The van der Waals surface area contributed by atoms with E-state index in [4.69, 9.17) is 14.2 Å². The smallest absolute Gasteiger partial charge is 0.314 e. The lowest BCUT2D eigenvalue weighted by Gasteiger charge is -2.47. The second-order valence-corrected chi connectivity index (χ2v) is 3.69. The summed E-state index contributed by atoms with van der Waals surface area (Å²) in [5.74, 6) is -0.807. The van der Waals surface area contributed by atoms with E-state index in [9.17, 15) is 4.79 Å². The molecule has 0 aromatic carbocycles. The molecule has 0 unspecified atom stereocenters. The van der Waals surface area contributed by atoms with Crippen LogP contribution >= 0.6 is 0 Å². The van der Waals surface area contributed by atoms with Crippen molar-refractivity contribution in [1.29, 1.82) is 0 Å². The van der Waals surface area contributed by atoms with Crippen LogP contribution in [0.3, 0.4) is 0 Å². The van der Waals surface area contributed by atoms with Crippen LogP contribution in [0.5, 0.6) is 0 Å². The maximum absolute atomic E-state index is 11.4. The third-order valence-electron chi connectivity index (χ3n) is 2.88. The van der Waals surface area contributed by atoms with E-state index in [1.807, 2.05) is 6.92 Å². The molecule has 74 valence electrons. The quantitative estimate of drug-likeness (QED) is 0.561. The Hall–Kier alpha value is -0.610. The number of carbonyl (C=O) groups is 1. The van der Waals surface area contributed by atoms with Gasteiger partial charge in [-0.15, -0.1) is 0 Å². The zero-order valence-corrected chi connectivity index (χ0v) is 7.91. The van der Waals surface area contributed by atoms with Gasteiger partial charge in [-0.05, 0) is 5.92 Å². The summed E-state index contributed by atoms with van der Waals surface area (Å²) in [5.41, 5.74) is 0. The summed E-state index contributed by atoms with van der Waals surface area (Å²) in [7, 11) is 1.40. The highest BCUT2D eigenvalue weighted by Gasteiger charge is 2.60. The predicted octanol–water partition coefficient (Wildman–Crippen LogP) is 0.558. The monoisotopic (exact) mass is 186 g/mol. The van der Waals surface area contributed by atoms with Gasteiger partial charge >= 0.3 is 5.97 Å². The Labute approximate surface area is 77.1 Å². The van der Waals surface area contributed by atoms with E-state index in [1.165, 1.54) is 7.11 Å². The molecule has 0 aromatic rings. The molecule has 2 atom stereocenters. The molecule has 13 heavy (non-hydrogen) atoms. The van der Waals surface area contributed by atoms with E-state index in [0.717, 1.165) is 6.42 Å². The van der Waals surface area contributed by atoms with Crippen LogP contribution in [-0.4, -0.2) is 32.1 Å². The Morgan fingerprint density at radius 1 is 1.46 bits per heavy atom. The average molecular weight is 186 g/mol. The zero-order valence-electron chi connectivity index (χ0n) is 7.91. The molecule has 0 amide bonds. The van der Waals surface area contributed by atoms with Crippen LogP contribution in [0.4, 0.5) is 0 Å². The Morgan fingerprint density at radius 3 is 2.54 bits per heavy atom. The lowest BCUT2D eigenvalue weighted by molar-refractivity contribution is -0.271.